The summed E-state index contributed by atoms with van der Waals surface area (Å²) < 4.78 is 11.2. The third kappa shape index (κ3) is 5.84. The molecule has 2 aromatic carbocycles. The summed E-state index contributed by atoms with van der Waals surface area (Å²) in [5.74, 6) is 1.36. The molecule has 1 amide bonds. The first-order chi connectivity index (χ1) is 14.2. The number of nitrogens with zero attached hydrogens (tertiary/aromatic N) is 2. The van der Waals surface area contributed by atoms with Gasteiger partial charge in [0.2, 0.25) is 0 Å². The summed E-state index contributed by atoms with van der Waals surface area (Å²) in [6.07, 6.45) is 4.33. The maximum Gasteiger partial charge on any atom is 0.254 e. The molecule has 154 valence electrons. The van der Waals surface area contributed by atoms with Crippen LogP contribution >= 0.6 is 0 Å². The molecule has 3 rings (SSSR count). The largest absolute Gasteiger partial charge is 0.490 e. The third-order valence-corrected chi connectivity index (χ3v) is 4.92. The van der Waals surface area contributed by atoms with Gasteiger partial charge in [-0.2, -0.15) is 0 Å². The van der Waals surface area contributed by atoms with Crippen LogP contribution in [0.2, 0.25) is 0 Å². The molecule has 0 unspecified atom stereocenters. The van der Waals surface area contributed by atoms with E-state index >= 15 is 0 Å². The number of benzene rings is 2. The van der Waals surface area contributed by atoms with Gasteiger partial charge >= 0.3 is 0 Å². The standard InChI is InChI=1S/C24H30N2O3/c1-3-28-22-13-12-21(19-23(22)29-4-2)24(27)26-17-15-25(16-18-26)14-8-11-20-9-6-5-7-10-20/h5-13,19H,3-4,14-18H2,1-2H3. The van der Waals surface area contributed by atoms with Crippen molar-refractivity contribution >= 4 is 12.0 Å². The summed E-state index contributed by atoms with van der Waals surface area (Å²) >= 11 is 0. The Morgan fingerprint density at radius 2 is 1.62 bits per heavy atom. The van der Waals surface area contributed by atoms with Gasteiger partial charge in [0, 0.05) is 38.3 Å². The molecule has 0 atom stereocenters. The number of ether oxygens (including phenoxy) is 2. The monoisotopic (exact) mass is 394 g/mol. The Balaban J connectivity index is 1.54. The highest BCUT2D eigenvalue weighted by molar-refractivity contribution is 5.95. The van der Waals surface area contributed by atoms with Crippen LogP contribution in [0.3, 0.4) is 0 Å². The predicted octanol–water partition coefficient (Wildman–Crippen LogP) is 3.96. The molecule has 0 spiro atoms. The second-order valence-corrected chi connectivity index (χ2v) is 6.93. The van der Waals surface area contributed by atoms with Gasteiger partial charge in [0.05, 0.1) is 13.2 Å². The van der Waals surface area contributed by atoms with Crippen LogP contribution in [-0.4, -0.2) is 61.6 Å². The van der Waals surface area contributed by atoms with Crippen LogP contribution in [-0.2, 0) is 0 Å². The third-order valence-electron chi connectivity index (χ3n) is 4.92. The summed E-state index contributed by atoms with van der Waals surface area (Å²) in [6, 6.07) is 15.8. The number of piperazine rings is 1. The zero-order chi connectivity index (χ0) is 20.5. The maximum atomic E-state index is 12.9. The van der Waals surface area contributed by atoms with Crippen molar-refractivity contribution in [2.24, 2.45) is 0 Å². The fraction of sp³-hybridized carbons (Fsp3) is 0.375. The molecule has 0 saturated carbocycles. The van der Waals surface area contributed by atoms with Crippen molar-refractivity contribution in [3.63, 3.8) is 0 Å². The van der Waals surface area contributed by atoms with E-state index in [1.54, 1.807) is 6.07 Å². The first kappa shape index (κ1) is 20.9. The molecule has 1 fully saturated rings. The highest BCUT2D eigenvalue weighted by atomic mass is 16.5. The van der Waals surface area contributed by atoms with Gasteiger partial charge in [-0.1, -0.05) is 42.5 Å². The van der Waals surface area contributed by atoms with Crippen molar-refractivity contribution in [2.45, 2.75) is 13.8 Å². The Morgan fingerprint density at radius 3 is 2.31 bits per heavy atom. The van der Waals surface area contributed by atoms with Gasteiger partial charge in [-0.15, -0.1) is 0 Å². The lowest BCUT2D eigenvalue weighted by atomic mass is 10.1. The number of amides is 1. The molecule has 0 bridgehead atoms. The van der Waals surface area contributed by atoms with Crippen molar-refractivity contribution < 1.29 is 14.3 Å². The molecule has 0 N–H and O–H groups in total. The van der Waals surface area contributed by atoms with E-state index in [4.69, 9.17) is 9.47 Å². The highest BCUT2D eigenvalue weighted by Crippen LogP contribution is 2.29. The minimum Gasteiger partial charge on any atom is -0.490 e. The minimum absolute atomic E-state index is 0.0495. The second kappa shape index (κ2) is 10.7. The Morgan fingerprint density at radius 1 is 0.931 bits per heavy atom. The van der Waals surface area contributed by atoms with Crippen LogP contribution in [0.25, 0.3) is 6.08 Å². The molecule has 1 aliphatic heterocycles. The lowest BCUT2D eigenvalue weighted by Gasteiger charge is -2.34. The summed E-state index contributed by atoms with van der Waals surface area (Å²) in [5.41, 5.74) is 1.86. The van der Waals surface area contributed by atoms with Crippen LogP contribution in [0.1, 0.15) is 29.8 Å². The quantitative estimate of drug-likeness (QED) is 0.680. The zero-order valence-corrected chi connectivity index (χ0v) is 17.3. The Bertz CT molecular complexity index is 812. The Labute approximate surface area is 173 Å². The Kier molecular flexibility index (Phi) is 7.70. The van der Waals surface area contributed by atoms with Crippen LogP contribution in [0.5, 0.6) is 11.5 Å². The molecule has 1 heterocycles. The molecule has 1 aliphatic rings. The van der Waals surface area contributed by atoms with Gasteiger partial charge in [-0.05, 0) is 37.6 Å². The lowest BCUT2D eigenvalue weighted by molar-refractivity contribution is 0.0650. The summed E-state index contributed by atoms with van der Waals surface area (Å²) in [5, 5.41) is 0. The smallest absolute Gasteiger partial charge is 0.254 e. The Hall–Kier alpha value is -2.79. The van der Waals surface area contributed by atoms with Gasteiger partial charge in [0.15, 0.2) is 11.5 Å². The summed E-state index contributed by atoms with van der Waals surface area (Å²) in [6.45, 7) is 9.07. The van der Waals surface area contributed by atoms with Crippen molar-refractivity contribution in [2.75, 3.05) is 45.9 Å². The van der Waals surface area contributed by atoms with Crippen LogP contribution in [0.15, 0.2) is 54.6 Å². The van der Waals surface area contributed by atoms with Crippen molar-refractivity contribution in [3.8, 4) is 11.5 Å². The summed E-state index contributed by atoms with van der Waals surface area (Å²) in [7, 11) is 0. The van der Waals surface area contributed by atoms with E-state index in [0.29, 0.717) is 30.3 Å². The highest BCUT2D eigenvalue weighted by Gasteiger charge is 2.22. The van der Waals surface area contributed by atoms with E-state index in [1.165, 1.54) is 5.56 Å². The normalized spacial score (nSPS) is 14.9. The maximum absolute atomic E-state index is 12.9. The molecule has 29 heavy (non-hydrogen) atoms. The van der Waals surface area contributed by atoms with Gasteiger partial charge in [0.1, 0.15) is 0 Å². The van der Waals surface area contributed by atoms with Gasteiger partial charge in [0.25, 0.3) is 5.91 Å². The summed E-state index contributed by atoms with van der Waals surface area (Å²) in [4.78, 5) is 17.2. The number of hydrogen-bond acceptors (Lipinski definition) is 4. The first-order valence-electron chi connectivity index (χ1n) is 10.3. The average molecular weight is 395 g/mol. The number of carbonyl (C=O) groups excluding carboxylic acids is 1. The molecular formula is C24H30N2O3. The van der Waals surface area contributed by atoms with Crippen molar-refractivity contribution in [1.82, 2.24) is 9.80 Å². The van der Waals surface area contributed by atoms with E-state index in [1.807, 2.05) is 49.1 Å². The van der Waals surface area contributed by atoms with E-state index < -0.39 is 0 Å². The van der Waals surface area contributed by atoms with E-state index in [9.17, 15) is 4.79 Å². The number of hydrogen-bond donors (Lipinski definition) is 0. The molecule has 5 nitrogen and oxygen atoms in total. The topological polar surface area (TPSA) is 42.0 Å². The molecule has 1 saturated heterocycles. The predicted molar refractivity (Wildman–Crippen MR) is 117 cm³/mol. The van der Waals surface area contributed by atoms with E-state index in [0.717, 1.165) is 32.7 Å². The molecule has 0 radical (unpaired) electrons. The average Bonchev–Trinajstić information content (AvgIpc) is 2.76. The molecule has 0 aromatic heterocycles. The zero-order valence-electron chi connectivity index (χ0n) is 17.3. The lowest BCUT2D eigenvalue weighted by Crippen LogP contribution is -2.48. The first-order valence-corrected chi connectivity index (χ1v) is 10.3. The van der Waals surface area contributed by atoms with Crippen LogP contribution in [0.4, 0.5) is 0 Å². The van der Waals surface area contributed by atoms with E-state index in [2.05, 4.69) is 29.2 Å². The molecule has 0 aliphatic carbocycles. The SMILES string of the molecule is CCOc1ccc(C(=O)N2CCN(CC=Cc3ccccc3)CC2)cc1OCC. The molecular weight excluding hydrogens is 364 g/mol. The molecule has 2 aromatic rings. The number of carbonyl (C=O) groups is 1. The minimum atomic E-state index is 0.0495. The second-order valence-electron chi connectivity index (χ2n) is 6.93. The van der Waals surface area contributed by atoms with Crippen LogP contribution in [0, 0.1) is 0 Å². The molecule has 5 heteroatoms. The van der Waals surface area contributed by atoms with Crippen LogP contribution < -0.4 is 9.47 Å². The fourth-order valence-corrected chi connectivity index (χ4v) is 3.40. The number of rotatable bonds is 8. The van der Waals surface area contributed by atoms with E-state index in [-0.39, 0.29) is 5.91 Å². The van der Waals surface area contributed by atoms with Gasteiger partial charge < -0.3 is 14.4 Å². The van der Waals surface area contributed by atoms with Gasteiger partial charge in [-0.3, -0.25) is 9.69 Å². The van der Waals surface area contributed by atoms with Gasteiger partial charge in [-0.25, -0.2) is 0 Å². The fourth-order valence-electron chi connectivity index (χ4n) is 3.40. The van der Waals surface area contributed by atoms with Crippen molar-refractivity contribution in [1.29, 1.82) is 0 Å². The van der Waals surface area contributed by atoms with Crippen molar-refractivity contribution in [3.05, 3.63) is 65.7 Å².